The lowest BCUT2D eigenvalue weighted by Crippen LogP contribution is -2.36. The zero-order valence-corrected chi connectivity index (χ0v) is 23.1. The van der Waals surface area contributed by atoms with Crippen molar-refractivity contribution in [2.24, 2.45) is 0 Å². The van der Waals surface area contributed by atoms with Gasteiger partial charge in [0.2, 0.25) is 0 Å². The second-order valence-electron chi connectivity index (χ2n) is 8.78. The number of nitrogens with one attached hydrogen (secondary N) is 1. The molecule has 1 amide bonds. The molecule has 0 bridgehead atoms. The van der Waals surface area contributed by atoms with Crippen LogP contribution in [0.2, 0.25) is 0 Å². The number of unbranched alkanes of at least 4 members (excludes halogenated alkanes) is 9. The molecule has 1 unspecified atom stereocenters. The van der Waals surface area contributed by atoms with Crippen LogP contribution in [-0.2, 0) is 29.5 Å². The molecule has 8 heteroatoms. The van der Waals surface area contributed by atoms with Crippen molar-refractivity contribution in [3.05, 3.63) is 35.9 Å². The maximum atomic E-state index is 12.5. The second kappa shape index (κ2) is 20.8. The van der Waals surface area contributed by atoms with Gasteiger partial charge < -0.3 is 10.1 Å². The van der Waals surface area contributed by atoms with Crippen LogP contribution in [0.25, 0.3) is 0 Å². The minimum Gasteiger partial charge on any atom is -0.445 e. The van der Waals surface area contributed by atoms with Crippen molar-refractivity contribution in [2.75, 3.05) is 19.8 Å². The molecule has 0 saturated carbocycles. The number of carbonyl (C=O) groups is 1. The highest BCUT2D eigenvalue weighted by molar-refractivity contribution is 7.48. The molecule has 1 atom stereocenters. The Morgan fingerprint density at radius 1 is 0.800 bits per heavy atom. The summed E-state index contributed by atoms with van der Waals surface area (Å²) in [6.07, 6.45) is 13.4. The Hall–Kier alpha value is -1.40. The van der Waals surface area contributed by atoms with Gasteiger partial charge in [0.1, 0.15) is 6.61 Å². The van der Waals surface area contributed by atoms with Gasteiger partial charge in [-0.25, -0.2) is 9.36 Å². The first-order valence-electron chi connectivity index (χ1n) is 13.5. The van der Waals surface area contributed by atoms with Crippen LogP contribution in [0, 0.1) is 0 Å². The molecule has 0 aliphatic rings. The van der Waals surface area contributed by atoms with E-state index in [1.807, 2.05) is 30.3 Å². The average Bonchev–Trinajstić information content (AvgIpc) is 2.84. The fraction of sp³-hybridized carbons (Fsp3) is 0.741. The van der Waals surface area contributed by atoms with E-state index in [0.29, 0.717) is 6.42 Å². The van der Waals surface area contributed by atoms with Gasteiger partial charge in [-0.15, -0.1) is 0 Å². The second-order valence-corrected chi connectivity index (χ2v) is 10.4. The first-order chi connectivity index (χ1) is 17.0. The molecule has 0 saturated heterocycles. The quantitative estimate of drug-likeness (QED) is 0.124. The summed E-state index contributed by atoms with van der Waals surface area (Å²) in [5.41, 5.74) is 0.937. The third-order valence-corrected chi connectivity index (χ3v) is 7.38. The number of phosphoric acid groups is 1. The van der Waals surface area contributed by atoms with Crippen LogP contribution in [0.3, 0.4) is 0 Å². The van der Waals surface area contributed by atoms with Crippen LogP contribution < -0.4 is 5.32 Å². The minimum absolute atomic E-state index is 0.135. The van der Waals surface area contributed by atoms with Gasteiger partial charge in [0.05, 0.1) is 19.8 Å². The van der Waals surface area contributed by atoms with Gasteiger partial charge in [-0.05, 0) is 32.3 Å². The summed E-state index contributed by atoms with van der Waals surface area (Å²) in [4.78, 5) is 12.4. The van der Waals surface area contributed by atoms with Crippen molar-refractivity contribution in [2.45, 2.75) is 110 Å². The lowest BCUT2D eigenvalue weighted by atomic mass is 10.0. The fourth-order valence-corrected chi connectivity index (χ4v) is 5.02. The molecule has 1 rings (SSSR count). The SMILES string of the molecule is CCCCCCCCCCCCC(CCOP(=O)(OCC)OCC)NC(=O)OCc1ccccc1. The molecule has 35 heavy (non-hydrogen) atoms. The predicted octanol–water partition coefficient (Wildman–Crippen LogP) is 8.18. The highest BCUT2D eigenvalue weighted by Gasteiger charge is 2.26. The number of amides is 1. The molecular weight excluding hydrogens is 465 g/mol. The lowest BCUT2D eigenvalue weighted by molar-refractivity contribution is 0.114. The van der Waals surface area contributed by atoms with Gasteiger partial charge in [0.25, 0.3) is 0 Å². The van der Waals surface area contributed by atoms with Gasteiger partial charge in [-0.3, -0.25) is 13.6 Å². The number of rotatable bonds is 22. The van der Waals surface area contributed by atoms with Crippen LogP contribution in [0.15, 0.2) is 30.3 Å². The van der Waals surface area contributed by atoms with Gasteiger partial charge in [-0.2, -0.15) is 0 Å². The van der Waals surface area contributed by atoms with Crippen molar-refractivity contribution in [3.63, 3.8) is 0 Å². The van der Waals surface area contributed by atoms with Crippen molar-refractivity contribution >= 4 is 13.9 Å². The van der Waals surface area contributed by atoms with Crippen LogP contribution in [-0.4, -0.2) is 32.0 Å². The average molecular weight is 514 g/mol. The Labute approximate surface area is 213 Å². The fourth-order valence-electron chi connectivity index (χ4n) is 3.83. The normalized spacial score (nSPS) is 12.4. The molecule has 0 spiro atoms. The Morgan fingerprint density at radius 3 is 1.94 bits per heavy atom. The monoisotopic (exact) mass is 513 g/mol. The summed E-state index contributed by atoms with van der Waals surface area (Å²) in [6, 6.07) is 9.45. The summed E-state index contributed by atoms with van der Waals surface area (Å²) in [5.74, 6) is 0. The van der Waals surface area contributed by atoms with Crippen molar-refractivity contribution < 1.29 is 27.7 Å². The van der Waals surface area contributed by atoms with Gasteiger partial charge in [-0.1, -0.05) is 101 Å². The first kappa shape index (κ1) is 31.6. The number of hydrogen-bond acceptors (Lipinski definition) is 6. The molecule has 0 radical (unpaired) electrons. The Kier molecular flexibility index (Phi) is 18.8. The highest BCUT2D eigenvalue weighted by atomic mass is 31.2. The molecule has 0 aliphatic carbocycles. The molecule has 0 fully saturated rings. The predicted molar refractivity (Wildman–Crippen MR) is 141 cm³/mol. The summed E-state index contributed by atoms with van der Waals surface area (Å²) in [5, 5.41) is 2.96. The molecule has 0 aliphatic heterocycles. The lowest BCUT2D eigenvalue weighted by Gasteiger charge is -2.21. The van der Waals surface area contributed by atoms with E-state index in [0.717, 1.165) is 24.8 Å². The van der Waals surface area contributed by atoms with Crippen LogP contribution in [0.4, 0.5) is 4.79 Å². The van der Waals surface area contributed by atoms with Crippen LogP contribution in [0.5, 0.6) is 0 Å². The summed E-state index contributed by atoms with van der Waals surface area (Å²) < 4.78 is 33.8. The Balaban J connectivity index is 2.42. The molecule has 1 aromatic carbocycles. The molecule has 7 nitrogen and oxygen atoms in total. The summed E-state index contributed by atoms with van der Waals surface area (Å²) in [7, 11) is -3.56. The zero-order valence-electron chi connectivity index (χ0n) is 22.2. The maximum absolute atomic E-state index is 12.5. The van der Waals surface area contributed by atoms with Crippen molar-refractivity contribution in [1.29, 1.82) is 0 Å². The minimum atomic E-state index is -3.56. The van der Waals surface area contributed by atoms with E-state index in [1.165, 1.54) is 51.4 Å². The molecule has 1 aromatic rings. The van der Waals surface area contributed by atoms with E-state index in [2.05, 4.69) is 12.2 Å². The number of phosphoric ester groups is 1. The molecule has 0 heterocycles. The van der Waals surface area contributed by atoms with Crippen LogP contribution >= 0.6 is 7.82 Å². The van der Waals surface area contributed by atoms with E-state index in [1.54, 1.807) is 13.8 Å². The van der Waals surface area contributed by atoms with Gasteiger partial charge in [0.15, 0.2) is 0 Å². The van der Waals surface area contributed by atoms with E-state index in [4.69, 9.17) is 18.3 Å². The topological polar surface area (TPSA) is 83.1 Å². The van der Waals surface area contributed by atoms with E-state index >= 15 is 0 Å². The van der Waals surface area contributed by atoms with E-state index in [-0.39, 0.29) is 32.5 Å². The van der Waals surface area contributed by atoms with Crippen molar-refractivity contribution in [3.8, 4) is 0 Å². The number of hydrogen-bond donors (Lipinski definition) is 1. The highest BCUT2D eigenvalue weighted by Crippen LogP contribution is 2.49. The zero-order chi connectivity index (χ0) is 25.6. The Bertz CT molecular complexity index is 678. The van der Waals surface area contributed by atoms with Crippen molar-refractivity contribution in [1.82, 2.24) is 5.32 Å². The number of alkyl carbamates (subject to hydrolysis) is 1. The Morgan fingerprint density at radius 2 is 1.37 bits per heavy atom. The third kappa shape index (κ3) is 16.8. The third-order valence-electron chi connectivity index (χ3n) is 5.73. The maximum Gasteiger partial charge on any atom is 0.474 e. The summed E-state index contributed by atoms with van der Waals surface area (Å²) in [6.45, 7) is 6.60. The van der Waals surface area contributed by atoms with Crippen LogP contribution in [0.1, 0.15) is 103 Å². The first-order valence-corrected chi connectivity index (χ1v) is 15.0. The molecule has 0 aromatic heterocycles. The number of carbonyl (C=O) groups excluding carboxylic acids is 1. The van der Waals surface area contributed by atoms with Gasteiger partial charge >= 0.3 is 13.9 Å². The summed E-state index contributed by atoms with van der Waals surface area (Å²) >= 11 is 0. The molecular formula is C27H48NO6P. The molecule has 1 N–H and O–H groups in total. The standard InChI is InChI=1S/C27H48NO6P/c1-4-7-8-9-10-11-12-13-14-18-21-26(22-23-34-35(30,32-5-2)33-6-3)28-27(29)31-24-25-19-16-15-17-20-25/h15-17,19-20,26H,4-14,18,21-24H2,1-3H3,(H,28,29). The molecule has 202 valence electrons. The number of benzene rings is 1. The van der Waals surface area contributed by atoms with Gasteiger partial charge in [0, 0.05) is 6.04 Å². The van der Waals surface area contributed by atoms with E-state index in [9.17, 15) is 9.36 Å². The largest absolute Gasteiger partial charge is 0.474 e. The smallest absolute Gasteiger partial charge is 0.445 e. The van der Waals surface area contributed by atoms with E-state index < -0.39 is 13.9 Å². The number of ether oxygens (including phenoxy) is 1.